The molecule has 0 aliphatic carbocycles. The van der Waals surface area contributed by atoms with Gasteiger partial charge in [0.15, 0.2) is 6.29 Å². The smallest absolute Gasteiger partial charge is 0.156 e. The third-order valence-corrected chi connectivity index (χ3v) is 2.55. The monoisotopic (exact) mass is 244 g/mol. The Morgan fingerprint density at radius 3 is 2.39 bits per heavy atom. The first-order valence-corrected chi connectivity index (χ1v) is 5.60. The maximum absolute atomic E-state index is 13.4. The molecule has 0 saturated carbocycles. The van der Waals surface area contributed by atoms with E-state index in [4.69, 9.17) is 4.74 Å². The number of ether oxygens (including phenoxy) is 1. The van der Waals surface area contributed by atoms with Crippen molar-refractivity contribution < 1.29 is 13.9 Å². The van der Waals surface area contributed by atoms with E-state index in [1.165, 1.54) is 12.1 Å². The minimum Gasteiger partial charge on any atom is -0.456 e. The van der Waals surface area contributed by atoms with Gasteiger partial charge in [-0.25, -0.2) is 4.39 Å². The largest absolute Gasteiger partial charge is 0.456 e. The van der Waals surface area contributed by atoms with Gasteiger partial charge in [0.25, 0.3) is 0 Å². The van der Waals surface area contributed by atoms with Crippen LogP contribution in [-0.4, -0.2) is 6.29 Å². The molecular formula is C15H13FO2. The molecule has 0 radical (unpaired) electrons. The van der Waals surface area contributed by atoms with E-state index in [0.717, 1.165) is 11.1 Å². The number of hydrogen-bond acceptors (Lipinski definition) is 2. The predicted octanol–water partition coefficient (Wildman–Crippen LogP) is 4.05. The fraction of sp³-hybridized carbons (Fsp3) is 0.133. The maximum Gasteiger partial charge on any atom is 0.156 e. The van der Waals surface area contributed by atoms with Crippen molar-refractivity contribution in [1.82, 2.24) is 0 Å². The minimum absolute atomic E-state index is 0.0586. The van der Waals surface area contributed by atoms with Crippen LogP contribution in [0.5, 0.6) is 11.5 Å². The zero-order valence-corrected chi connectivity index (χ0v) is 10.2. The number of hydrogen-bond donors (Lipinski definition) is 0. The van der Waals surface area contributed by atoms with Crippen molar-refractivity contribution in [2.75, 3.05) is 0 Å². The lowest BCUT2D eigenvalue weighted by molar-refractivity contribution is 0.111. The standard InChI is InChI=1S/C15H13FO2/c1-10-6-11(2)8-12(7-10)18-15-5-3-4-14(16)13(15)9-17/h3-9H,1-2H3. The van der Waals surface area contributed by atoms with Gasteiger partial charge < -0.3 is 4.74 Å². The van der Waals surface area contributed by atoms with E-state index in [9.17, 15) is 9.18 Å². The fourth-order valence-corrected chi connectivity index (χ4v) is 1.84. The summed E-state index contributed by atoms with van der Waals surface area (Å²) in [6, 6.07) is 10.0. The van der Waals surface area contributed by atoms with Gasteiger partial charge in [-0.3, -0.25) is 4.79 Å². The van der Waals surface area contributed by atoms with Crippen molar-refractivity contribution in [2.24, 2.45) is 0 Å². The number of benzene rings is 2. The molecule has 92 valence electrons. The molecule has 0 aliphatic rings. The Kier molecular flexibility index (Phi) is 3.42. The van der Waals surface area contributed by atoms with Gasteiger partial charge in [-0.15, -0.1) is 0 Å². The molecule has 2 aromatic carbocycles. The molecule has 0 aromatic heterocycles. The van der Waals surface area contributed by atoms with Gasteiger partial charge in [0, 0.05) is 0 Å². The predicted molar refractivity (Wildman–Crippen MR) is 67.8 cm³/mol. The number of carbonyl (C=O) groups excluding carboxylic acids is 1. The van der Waals surface area contributed by atoms with Crippen LogP contribution in [0.25, 0.3) is 0 Å². The molecule has 0 N–H and O–H groups in total. The van der Waals surface area contributed by atoms with Crippen LogP contribution in [0, 0.1) is 19.7 Å². The Labute approximate surface area is 105 Å². The van der Waals surface area contributed by atoms with Crippen LogP contribution < -0.4 is 4.74 Å². The van der Waals surface area contributed by atoms with E-state index in [1.807, 2.05) is 32.0 Å². The van der Waals surface area contributed by atoms with Gasteiger partial charge >= 0.3 is 0 Å². The lowest BCUT2D eigenvalue weighted by Gasteiger charge is -2.10. The number of aldehydes is 1. The summed E-state index contributed by atoms with van der Waals surface area (Å²) in [6.07, 6.45) is 0.466. The average Bonchev–Trinajstić information content (AvgIpc) is 2.27. The number of aryl methyl sites for hydroxylation is 2. The molecule has 0 unspecified atom stereocenters. The lowest BCUT2D eigenvalue weighted by Crippen LogP contribution is -1.94. The summed E-state index contributed by atoms with van der Waals surface area (Å²) in [7, 11) is 0. The molecule has 2 aromatic rings. The second-order valence-electron chi connectivity index (χ2n) is 4.19. The summed E-state index contributed by atoms with van der Waals surface area (Å²) in [5, 5.41) is 0. The first kappa shape index (κ1) is 12.3. The maximum atomic E-state index is 13.4. The van der Waals surface area contributed by atoms with Crippen molar-refractivity contribution in [3.63, 3.8) is 0 Å². The van der Waals surface area contributed by atoms with Gasteiger partial charge in [-0.2, -0.15) is 0 Å². The van der Waals surface area contributed by atoms with Gasteiger partial charge in [-0.1, -0.05) is 12.1 Å². The highest BCUT2D eigenvalue weighted by Crippen LogP contribution is 2.27. The fourth-order valence-electron chi connectivity index (χ4n) is 1.84. The molecule has 0 spiro atoms. The molecule has 0 fully saturated rings. The van der Waals surface area contributed by atoms with Crippen molar-refractivity contribution in [3.8, 4) is 11.5 Å². The first-order valence-electron chi connectivity index (χ1n) is 5.60. The molecular weight excluding hydrogens is 231 g/mol. The second kappa shape index (κ2) is 5.00. The molecule has 0 saturated heterocycles. The summed E-state index contributed by atoms with van der Waals surface area (Å²) >= 11 is 0. The van der Waals surface area contributed by atoms with Gasteiger partial charge in [0.1, 0.15) is 17.3 Å². The molecule has 2 nitrogen and oxygen atoms in total. The number of rotatable bonds is 3. The highest BCUT2D eigenvalue weighted by molar-refractivity contribution is 5.79. The highest BCUT2D eigenvalue weighted by Gasteiger charge is 2.09. The number of carbonyl (C=O) groups is 1. The summed E-state index contributed by atoms with van der Waals surface area (Å²) in [5.41, 5.74) is 2.04. The van der Waals surface area contributed by atoms with Crippen LogP contribution in [0.4, 0.5) is 4.39 Å². The quantitative estimate of drug-likeness (QED) is 0.761. The normalized spacial score (nSPS) is 10.2. The van der Waals surface area contributed by atoms with Crippen LogP contribution in [0.2, 0.25) is 0 Å². The van der Waals surface area contributed by atoms with Crippen molar-refractivity contribution in [1.29, 1.82) is 0 Å². The van der Waals surface area contributed by atoms with E-state index in [0.29, 0.717) is 12.0 Å². The summed E-state index contributed by atoms with van der Waals surface area (Å²) in [5.74, 6) is 0.253. The molecule has 3 heteroatoms. The van der Waals surface area contributed by atoms with E-state index in [-0.39, 0.29) is 11.3 Å². The van der Waals surface area contributed by atoms with E-state index < -0.39 is 5.82 Å². The zero-order chi connectivity index (χ0) is 13.1. The van der Waals surface area contributed by atoms with Crippen LogP contribution >= 0.6 is 0 Å². The van der Waals surface area contributed by atoms with E-state index in [1.54, 1.807) is 6.07 Å². The van der Waals surface area contributed by atoms with Crippen LogP contribution in [0.1, 0.15) is 21.5 Å². The van der Waals surface area contributed by atoms with Crippen molar-refractivity contribution in [3.05, 3.63) is 58.9 Å². The zero-order valence-electron chi connectivity index (χ0n) is 10.2. The van der Waals surface area contributed by atoms with Gasteiger partial charge in [0.05, 0.1) is 5.56 Å². The summed E-state index contributed by atoms with van der Waals surface area (Å²) in [6.45, 7) is 3.90. The Hall–Kier alpha value is -2.16. The SMILES string of the molecule is Cc1cc(C)cc(Oc2cccc(F)c2C=O)c1. The van der Waals surface area contributed by atoms with Crippen LogP contribution in [0.3, 0.4) is 0 Å². The highest BCUT2D eigenvalue weighted by atomic mass is 19.1. The lowest BCUT2D eigenvalue weighted by atomic mass is 10.1. The first-order chi connectivity index (χ1) is 8.60. The summed E-state index contributed by atoms with van der Waals surface area (Å²) in [4.78, 5) is 10.9. The molecule has 18 heavy (non-hydrogen) atoms. The Morgan fingerprint density at radius 1 is 1.11 bits per heavy atom. The van der Waals surface area contributed by atoms with Gasteiger partial charge in [-0.05, 0) is 49.2 Å². The minimum atomic E-state index is -0.577. The Bertz CT molecular complexity index is 571. The molecule has 0 amide bonds. The van der Waals surface area contributed by atoms with E-state index >= 15 is 0 Å². The Balaban J connectivity index is 2.39. The van der Waals surface area contributed by atoms with Crippen molar-refractivity contribution in [2.45, 2.75) is 13.8 Å². The summed E-state index contributed by atoms with van der Waals surface area (Å²) < 4.78 is 19.0. The van der Waals surface area contributed by atoms with Crippen LogP contribution in [-0.2, 0) is 0 Å². The molecule has 0 bridgehead atoms. The van der Waals surface area contributed by atoms with Crippen molar-refractivity contribution >= 4 is 6.29 Å². The Morgan fingerprint density at radius 2 is 1.78 bits per heavy atom. The molecule has 0 atom stereocenters. The third kappa shape index (κ3) is 2.56. The molecule has 2 rings (SSSR count). The number of halogens is 1. The van der Waals surface area contributed by atoms with Gasteiger partial charge in [0.2, 0.25) is 0 Å². The molecule has 0 aliphatic heterocycles. The van der Waals surface area contributed by atoms with Crippen LogP contribution in [0.15, 0.2) is 36.4 Å². The average molecular weight is 244 g/mol. The second-order valence-corrected chi connectivity index (χ2v) is 4.19. The topological polar surface area (TPSA) is 26.3 Å². The molecule has 0 heterocycles. The third-order valence-electron chi connectivity index (χ3n) is 2.55. The van der Waals surface area contributed by atoms with E-state index in [2.05, 4.69) is 0 Å².